The van der Waals surface area contributed by atoms with Crippen LogP contribution in [-0.2, 0) is 6.54 Å². The van der Waals surface area contributed by atoms with Crippen molar-refractivity contribution in [1.29, 1.82) is 0 Å². The first kappa shape index (κ1) is 15.8. The monoisotopic (exact) mass is 285 g/mol. The van der Waals surface area contributed by atoms with Crippen LogP contribution in [0.4, 0.5) is 4.39 Å². The first-order chi connectivity index (χ1) is 9.02. The van der Waals surface area contributed by atoms with E-state index in [9.17, 15) is 4.39 Å². The normalized spacial score (nSPS) is 11.8. The highest BCUT2D eigenvalue weighted by Gasteiger charge is 2.02. The van der Waals surface area contributed by atoms with Crippen LogP contribution in [0.1, 0.15) is 25.8 Å². The lowest BCUT2D eigenvalue weighted by molar-refractivity contribution is 0.573. The molecule has 1 rings (SSSR count). The Hall–Kier alpha value is -1.29. The zero-order valence-electron chi connectivity index (χ0n) is 11.6. The lowest BCUT2D eigenvalue weighted by atomic mass is 10.1. The van der Waals surface area contributed by atoms with Crippen molar-refractivity contribution in [1.82, 2.24) is 10.6 Å². The molecule has 0 saturated heterocycles. The number of hydrogen-bond donors (Lipinski definition) is 2. The summed E-state index contributed by atoms with van der Waals surface area (Å²) >= 11 is 5.73. The molecule has 0 aliphatic rings. The first-order valence-electron chi connectivity index (χ1n) is 6.41. The van der Waals surface area contributed by atoms with Crippen LogP contribution in [0, 0.1) is 11.7 Å². The van der Waals surface area contributed by atoms with E-state index in [4.69, 9.17) is 11.6 Å². The molecular formula is C14H21ClFN3. The highest BCUT2D eigenvalue weighted by Crippen LogP contribution is 2.15. The fraction of sp³-hybridized carbons (Fsp3) is 0.500. The average molecular weight is 286 g/mol. The molecule has 0 aromatic heterocycles. The minimum atomic E-state index is -0.398. The lowest BCUT2D eigenvalue weighted by Gasteiger charge is -2.13. The maximum Gasteiger partial charge on any atom is 0.191 e. The molecule has 0 spiro atoms. The van der Waals surface area contributed by atoms with Crippen LogP contribution in [0.2, 0.25) is 5.02 Å². The van der Waals surface area contributed by atoms with E-state index in [-0.39, 0.29) is 5.02 Å². The molecule has 0 unspecified atom stereocenters. The van der Waals surface area contributed by atoms with Gasteiger partial charge in [-0.1, -0.05) is 31.5 Å². The predicted octanol–water partition coefficient (Wildman–Crippen LogP) is 3.19. The number of hydrogen-bond acceptors (Lipinski definition) is 1. The highest BCUT2D eigenvalue weighted by molar-refractivity contribution is 6.30. The van der Waals surface area contributed by atoms with E-state index in [1.165, 1.54) is 6.07 Å². The molecule has 1 aromatic rings. The number of aliphatic imine (C=N–C) groups is 1. The minimum absolute atomic E-state index is 0.141. The van der Waals surface area contributed by atoms with Crippen LogP contribution in [-0.4, -0.2) is 19.6 Å². The number of halogens is 2. The molecular weight excluding hydrogens is 265 g/mol. The van der Waals surface area contributed by atoms with Gasteiger partial charge in [-0.15, -0.1) is 0 Å². The summed E-state index contributed by atoms with van der Waals surface area (Å²) in [4.78, 5) is 4.13. The second kappa shape index (κ2) is 8.00. The van der Waals surface area contributed by atoms with Crippen LogP contribution < -0.4 is 10.6 Å². The van der Waals surface area contributed by atoms with Crippen LogP contribution >= 0.6 is 11.6 Å². The third kappa shape index (κ3) is 5.92. The summed E-state index contributed by atoms with van der Waals surface area (Å²) in [6, 6.07) is 4.69. The Morgan fingerprint density at radius 1 is 1.37 bits per heavy atom. The third-order valence-corrected chi connectivity index (χ3v) is 2.97. The maximum absolute atomic E-state index is 13.0. The Labute approximate surface area is 119 Å². The Bertz CT molecular complexity index is 433. The third-order valence-electron chi connectivity index (χ3n) is 2.68. The second-order valence-corrected chi connectivity index (χ2v) is 5.19. The lowest BCUT2D eigenvalue weighted by Crippen LogP contribution is -2.37. The van der Waals surface area contributed by atoms with Gasteiger partial charge in [-0.2, -0.15) is 0 Å². The van der Waals surface area contributed by atoms with Crippen LogP contribution in [0.25, 0.3) is 0 Å². The van der Waals surface area contributed by atoms with Crippen LogP contribution in [0.3, 0.4) is 0 Å². The molecule has 0 heterocycles. The number of guanidine groups is 1. The highest BCUT2D eigenvalue weighted by atomic mass is 35.5. The van der Waals surface area contributed by atoms with Crippen LogP contribution in [0.5, 0.6) is 0 Å². The van der Waals surface area contributed by atoms with Crippen molar-refractivity contribution < 1.29 is 4.39 Å². The minimum Gasteiger partial charge on any atom is -0.356 e. The smallest absolute Gasteiger partial charge is 0.191 e. The van der Waals surface area contributed by atoms with Gasteiger partial charge in [0.2, 0.25) is 0 Å². The molecule has 106 valence electrons. The summed E-state index contributed by atoms with van der Waals surface area (Å²) in [5.41, 5.74) is 0.915. The number of nitrogens with zero attached hydrogens (tertiary/aromatic N) is 1. The van der Waals surface area contributed by atoms with Gasteiger partial charge >= 0.3 is 0 Å². The Morgan fingerprint density at radius 3 is 2.68 bits per heavy atom. The van der Waals surface area contributed by atoms with E-state index < -0.39 is 5.82 Å². The standard InChI is InChI=1S/C14H21ClFN3/c1-10(2)6-7-18-14(17-3)19-9-11-4-5-13(16)12(15)8-11/h4-5,8,10H,6-7,9H2,1-3H3,(H2,17,18,19). The fourth-order valence-electron chi connectivity index (χ4n) is 1.54. The molecule has 19 heavy (non-hydrogen) atoms. The van der Waals surface area contributed by atoms with E-state index in [0.717, 1.165) is 24.5 Å². The van der Waals surface area contributed by atoms with Gasteiger partial charge in [0, 0.05) is 20.1 Å². The Balaban J connectivity index is 2.42. The molecule has 0 amide bonds. The molecule has 2 N–H and O–H groups in total. The average Bonchev–Trinajstić information content (AvgIpc) is 2.37. The maximum atomic E-state index is 13.0. The summed E-state index contributed by atoms with van der Waals surface area (Å²) in [5.74, 6) is 0.993. The van der Waals surface area contributed by atoms with Crippen molar-refractivity contribution in [3.05, 3.63) is 34.6 Å². The van der Waals surface area contributed by atoms with E-state index in [2.05, 4.69) is 29.5 Å². The zero-order valence-corrected chi connectivity index (χ0v) is 12.4. The summed E-state index contributed by atoms with van der Waals surface area (Å²) in [5, 5.41) is 6.53. The van der Waals surface area contributed by atoms with E-state index in [1.807, 2.05) is 0 Å². The number of nitrogens with one attached hydrogen (secondary N) is 2. The summed E-state index contributed by atoms with van der Waals surface area (Å²) in [7, 11) is 1.72. The van der Waals surface area contributed by atoms with E-state index in [0.29, 0.717) is 12.5 Å². The molecule has 3 nitrogen and oxygen atoms in total. The van der Waals surface area contributed by atoms with Gasteiger partial charge in [-0.05, 0) is 30.0 Å². The fourth-order valence-corrected chi connectivity index (χ4v) is 1.74. The largest absolute Gasteiger partial charge is 0.356 e. The van der Waals surface area contributed by atoms with Gasteiger partial charge in [0.1, 0.15) is 5.82 Å². The van der Waals surface area contributed by atoms with E-state index in [1.54, 1.807) is 19.2 Å². The molecule has 0 radical (unpaired) electrons. The van der Waals surface area contributed by atoms with Crippen molar-refractivity contribution >= 4 is 17.6 Å². The first-order valence-corrected chi connectivity index (χ1v) is 6.79. The summed E-state index contributed by atoms with van der Waals surface area (Å²) in [6.07, 6.45) is 1.09. The van der Waals surface area contributed by atoms with Gasteiger partial charge in [-0.25, -0.2) is 4.39 Å². The van der Waals surface area contributed by atoms with Crippen LogP contribution in [0.15, 0.2) is 23.2 Å². The second-order valence-electron chi connectivity index (χ2n) is 4.78. The molecule has 1 aromatic carbocycles. The van der Waals surface area contributed by atoms with Crippen molar-refractivity contribution in [2.45, 2.75) is 26.8 Å². The van der Waals surface area contributed by atoms with E-state index >= 15 is 0 Å². The predicted molar refractivity (Wildman–Crippen MR) is 79.1 cm³/mol. The molecule has 0 aliphatic carbocycles. The summed E-state index contributed by atoms with van der Waals surface area (Å²) in [6.45, 7) is 5.79. The topological polar surface area (TPSA) is 36.4 Å². The van der Waals surface area contributed by atoms with Crippen molar-refractivity contribution in [3.8, 4) is 0 Å². The van der Waals surface area contributed by atoms with Crippen molar-refractivity contribution in [2.75, 3.05) is 13.6 Å². The van der Waals surface area contributed by atoms with Gasteiger partial charge < -0.3 is 10.6 Å². The molecule has 0 saturated carbocycles. The SMILES string of the molecule is CN=C(NCCC(C)C)NCc1ccc(F)c(Cl)c1. The number of benzene rings is 1. The van der Waals surface area contributed by atoms with Crippen molar-refractivity contribution in [3.63, 3.8) is 0 Å². The zero-order chi connectivity index (χ0) is 14.3. The van der Waals surface area contributed by atoms with Gasteiger partial charge in [0.05, 0.1) is 5.02 Å². The Morgan fingerprint density at radius 2 is 2.11 bits per heavy atom. The van der Waals surface area contributed by atoms with Gasteiger partial charge in [-0.3, -0.25) is 4.99 Å². The quantitative estimate of drug-likeness (QED) is 0.644. The molecule has 0 atom stereocenters. The molecule has 0 aliphatic heterocycles. The number of rotatable bonds is 5. The molecule has 5 heteroatoms. The Kier molecular flexibility index (Phi) is 6.64. The van der Waals surface area contributed by atoms with Crippen molar-refractivity contribution in [2.24, 2.45) is 10.9 Å². The molecule has 0 fully saturated rings. The van der Waals surface area contributed by atoms with Gasteiger partial charge in [0.25, 0.3) is 0 Å². The molecule has 0 bridgehead atoms. The summed E-state index contributed by atoms with van der Waals surface area (Å²) < 4.78 is 13.0. The van der Waals surface area contributed by atoms with Gasteiger partial charge in [0.15, 0.2) is 5.96 Å².